The molecule has 0 bridgehead atoms. The lowest BCUT2D eigenvalue weighted by atomic mass is 9.92. The number of nitrogens with two attached hydrogens (primary N) is 2. The van der Waals surface area contributed by atoms with Gasteiger partial charge in [-0.3, -0.25) is 0 Å². The lowest BCUT2D eigenvalue weighted by Crippen LogP contribution is -2.38. The maximum absolute atomic E-state index is 5.67. The van der Waals surface area contributed by atoms with Crippen molar-refractivity contribution in [1.82, 2.24) is 0 Å². The minimum atomic E-state index is 0.231. The quantitative estimate of drug-likeness (QED) is 0.591. The Morgan fingerprint density at radius 2 is 1.44 bits per heavy atom. The monoisotopic (exact) mass is 130 g/mol. The van der Waals surface area contributed by atoms with Crippen LogP contribution in [0, 0.1) is 5.92 Å². The summed E-state index contributed by atoms with van der Waals surface area (Å²) in [5.74, 6) is 0.477. The Morgan fingerprint density at radius 3 is 1.44 bits per heavy atom. The van der Waals surface area contributed by atoms with Gasteiger partial charge < -0.3 is 11.5 Å². The van der Waals surface area contributed by atoms with E-state index in [-0.39, 0.29) is 12.1 Å². The Hall–Kier alpha value is -0.0800. The normalized spacial score (nSPS) is 21.0. The van der Waals surface area contributed by atoms with Crippen LogP contribution in [0.1, 0.15) is 27.2 Å². The first-order valence-electron chi connectivity index (χ1n) is 3.60. The zero-order valence-electron chi connectivity index (χ0n) is 6.59. The van der Waals surface area contributed by atoms with E-state index in [9.17, 15) is 0 Å². The van der Waals surface area contributed by atoms with E-state index in [1.807, 2.05) is 13.8 Å². The Kier molecular flexibility index (Phi) is 3.82. The first-order chi connectivity index (χ1) is 4.09. The molecule has 0 aromatic rings. The largest absolute Gasteiger partial charge is 0.328 e. The van der Waals surface area contributed by atoms with Crippen LogP contribution in [0.5, 0.6) is 0 Å². The van der Waals surface area contributed by atoms with Gasteiger partial charge in [0.2, 0.25) is 0 Å². The summed E-state index contributed by atoms with van der Waals surface area (Å²) in [5, 5.41) is 0. The van der Waals surface area contributed by atoms with Gasteiger partial charge in [-0.25, -0.2) is 0 Å². The zero-order chi connectivity index (χ0) is 7.44. The van der Waals surface area contributed by atoms with Gasteiger partial charge in [0.25, 0.3) is 0 Å². The van der Waals surface area contributed by atoms with Gasteiger partial charge >= 0.3 is 0 Å². The highest BCUT2D eigenvalue weighted by Crippen LogP contribution is 2.09. The van der Waals surface area contributed by atoms with Gasteiger partial charge in [0.1, 0.15) is 0 Å². The van der Waals surface area contributed by atoms with E-state index in [4.69, 9.17) is 11.5 Å². The molecule has 0 aliphatic rings. The molecule has 4 N–H and O–H groups in total. The topological polar surface area (TPSA) is 52.0 Å². The third-order valence-electron chi connectivity index (χ3n) is 1.82. The SMILES string of the molecule is CCC(C(C)N)C(C)N. The lowest BCUT2D eigenvalue weighted by molar-refractivity contribution is 0.370. The summed E-state index contributed by atoms with van der Waals surface area (Å²) >= 11 is 0. The van der Waals surface area contributed by atoms with Crippen LogP contribution in [0.3, 0.4) is 0 Å². The first kappa shape index (κ1) is 8.92. The third-order valence-corrected chi connectivity index (χ3v) is 1.82. The molecule has 2 heteroatoms. The molecule has 0 spiro atoms. The predicted molar refractivity (Wildman–Crippen MR) is 41.1 cm³/mol. The van der Waals surface area contributed by atoms with Crippen LogP contribution < -0.4 is 11.5 Å². The van der Waals surface area contributed by atoms with Gasteiger partial charge in [0.15, 0.2) is 0 Å². The third kappa shape index (κ3) is 2.82. The average Bonchev–Trinajstić information content (AvgIpc) is 1.64. The summed E-state index contributed by atoms with van der Waals surface area (Å²) in [7, 11) is 0. The molecule has 0 saturated carbocycles. The fourth-order valence-corrected chi connectivity index (χ4v) is 1.22. The number of rotatable bonds is 3. The van der Waals surface area contributed by atoms with Crippen molar-refractivity contribution in [3.63, 3.8) is 0 Å². The summed E-state index contributed by atoms with van der Waals surface area (Å²) < 4.78 is 0. The van der Waals surface area contributed by atoms with Gasteiger partial charge in [0, 0.05) is 12.1 Å². The fourth-order valence-electron chi connectivity index (χ4n) is 1.22. The number of hydrogen-bond acceptors (Lipinski definition) is 2. The van der Waals surface area contributed by atoms with Crippen LogP contribution in [0.15, 0.2) is 0 Å². The zero-order valence-corrected chi connectivity index (χ0v) is 6.59. The van der Waals surface area contributed by atoms with Crippen molar-refractivity contribution in [2.45, 2.75) is 39.3 Å². The molecule has 2 unspecified atom stereocenters. The maximum Gasteiger partial charge on any atom is 0.00533 e. The molecule has 0 fully saturated rings. The molecule has 2 atom stereocenters. The van der Waals surface area contributed by atoms with Crippen molar-refractivity contribution in [2.24, 2.45) is 17.4 Å². The second kappa shape index (κ2) is 3.85. The van der Waals surface area contributed by atoms with Gasteiger partial charge in [0.05, 0.1) is 0 Å². The van der Waals surface area contributed by atoms with E-state index in [1.54, 1.807) is 0 Å². The van der Waals surface area contributed by atoms with Crippen molar-refractivity contribution >= 4 is 0 Å². The van der Waals surface area contributed by atoms with Crippen molar-refractivity contribution < 1.29 is 0 Å². The lowest BCUT2D eigenvalue weighted by Gasteiger charge is -2.22. The van der Waals surface area contributed by atoms with Crippen LogP contribution in [-0.2, 0) is 0 Å². The van der Waals surface area contributed by atoms with Gasteiger partial charge in [-0.05, 0) is 19.8 Å². The van der Waals surface area contributed by atoms with Crippen LogP contribution in [0.2, 0.25) is 0 Å². The molecule has 9 heavy (non-hydrogen) atoms. The van der Waals surface area contributed by atoms with Crippen LogP contribution >= 0.6 is 0 Å². The summed E-state index contributed by atoms with van der Waals surface area (Å²) in [6.45, 7) is 6.15. The average molecular weight is 130 g/mol. The van der Waals surface area contributed by atoms with Crippen molar-refractivity contribution in [1.29, 1.82) is 0 Å². The maximum atomic E-state index is 5.67. The molecular formula is C7H18N2. The smallest absolute Gasteiger partial charge is 0.00533 e. The van der Waals surface area contributed by atoms with Crippen LogP contribution in [0.25, 0.3) is 0 Å². The van der Waals surface area contributed by atoms with E-state index in [2.05, 4.69) is 6.92 Å². The Bertz CT molecular complexity index is 61.3. The summed E-state index contributed by atoms with van der Waals surface area (Å²) in [4.78, 5) is 0. The van der Waals surface area contributed by atoms with Gasteiger partial charge in [-0.15, -0.1) is 0 Å². The second-order valence-corrected chi connectivity index (χ2v) is 2.79. The molecule has 0 amide bonds. The standard InChI is InChI=1S/C7H18N2/c1-4-7(5(2)8)6(3)9/h5-7H,4,8-9H2,1-3H3. The molecule has 0 aromatic carbocycles. The van der Waals surface area contributed by atoms with E-state index >= 15 is 0 Å². The predicted octanol–water partition coefficient (Wildman–Crippen LogP) is 0.707. The molecule has 2 nitrogen and oxygen atoms in total. The van der Waals surface area contributed by atoms with Crippen molar-refractivity contribution in [3.05, 3.63) is 0 Å². The van der Waals surface area contributed by atoms with E-state index in [0.29, 0.717) is 5.92 Å². The summed E-state index contributed by atoms with van der Waals surface area (Å²) in [6.07, 6.45) is 1.08. The highest BCUT2D eigenvalue weighted by atomic mass is 14.7. The molecule has 56 valence electrons. The van der Waals surface area contributed by atoms with E-state index in [1.165, 1.54) is 0 Å². The Balaban J connectivity index is 3.68. The molecular weight excluding hydrogens is 112 g/mol. The van der Waals surface area contributed by atoms with Crippen LogP contribution in [-0.4, -0.2) is 12.1 Å². The molecule has 0 aromatic heterocycles. The molecule has 0 radical (unpaired) electrons. The molecule has 0 rings (SSSR count). The minimum absolute atomic E-state index is 0.231. The van der Waals surface area contributed by atoms with E-state index < -0.39 is 0 Å². The summed E-state index contributed by atoms with van der Waals surface area (Å²) in [5.41, 5.74) is 11.3. The highest BCUT2D eigenvalue weighted by Gasteiger charge is 2.14. The molecule has 0 aliphatic carbocycles. The second-order valence-electron chi connectivity index (χ2n) is 2.79. The van der Waals surface area contributed by atoms with Crippen molar-refractivity contribution in [3.8, 4) is 0 Å². The first-order valence-corrected chi connectivity index (χ1v) is 3.60. The highest BCUT2D eigenvalue weighted by molar-refractivity contribution is 4.74. The van der Waals surface area contributed by atoms with Crippen molar-refractivity contribution in [2.75, 3.05) is 0 Å². The Morgan fingerprint density at radius 1 is 1.11 bits per heavy atom. The van der Waals surface area contributed by atoms with Gasteiger partial charge in [-0.2, -0.15) is 0 Å². The minimum Gasteiger partial charge on any atom is -0.328 e. The van der Waals surface area contributed by atoms with Gasteiger partial charge in [-0.1, -0.05) is 13.3 Å². The molecule has 0 saturated heterocycles. The molecule has 0 aliphatic heterocycles. The van der Waals surface area contributed by atoms with Crippen LogP contribution in [0.4, 0.5) is 0 Å². The fraction of sp³-hybridized carbons (Fsp3) is 1.00. The van der Waals surface area contributed by atoms with E-state index in [0.717, 1.165) is 6.42 Å². The Labute approximate surface area is 57.6 Å². The number of hydrogen-bond donors (Lipinski definition) is 2. The summed E-state index contributed by atoms with van der Waals surface area (Å²) in [6, 6.07) is 0.463. The molecule has 0 heterocycles.